The number of hydrogen-bond acceptors (Lipinski definition) is 5. The molecule has 3 rings (SSSR count). The third-order valence-corrected chi connectivity index (χ3v) is 3.14. The highest BCUT2D eigenvalue weighted by Gasteiger charge is 2.21. The van der Waals surface area contributed by atoms with Gasteiger partial charge in [0.15, 0.2) is 0 Å². The Balaban J connectivity index is 1.70. The Labute approximate surface area is 112 Å². The number of hydrogen-bond donors (Lipinski definition) is 1. The molecule has 1 aromatic heterocycles. The maximum absolute atomic E-state index is 5.60. The number of ether oxygens (including phenoxy) is 1. The van der Waals surface area contributed by atoms with Crippen molar-refractivity contribution in [2.24, 2.45) is 0 Å². The summed E-state index contributed by atoms with van der Waals surface area (Å²) in [7, 11) is 0. The summed E-state index contributed by atoms with van der Waals surface area (Å²) < 4.78 is 10.9. The topological polar surface area (TPSA) is 60.2 Å². The first-order chi connectivity index (χ1) is 9.31. The second kappa shape index (κ2) is 5.50. The molecule has 0 radical (unpaired) electrons. The number of rotatable bonds is 3. The monoisotopic (exact) mass is 259 g/mol. The average Bonchev–Trinajstić information content (AvgIpc) is 2.88. The molecule has 2 aromatic rings. The minimum absolute atomic E-state index is 0.0937. The molecule has 1 aliphatic heterocycles. The van der Waals surface area contributed by atoms with Crippen molar-refractivity contribution in [2.75, 3.05) is 19.7 Å². The SMILES string of the molecule is Cc1cccc(Cc2nc(C3CNCCO3)no2)c1. The van der Waals surface area contributed by atoms with Crippen LogP contribution in [0.5, 0.6) is 0 Å². The lowest BCUT2D eigenvalue weighted by Crippen LogP contribution is -2.33. The van der Waals surface area contributed by atoms with E-state index in [0.717, 1.165) is 13.1 Å². The van der Waals surface area contributed by atoms with Gasteiger partial charge in [0, 0.05) is 13.1 Å². The summed E-state index contributed by atoms with van der Waals surface area (Å²) in [6.07, 6.45) is 0.568. The predicted molar refractivity (Wildman–Crippen MR) is 69.8 cm³/mol. The molecule has 0 saturated carbocycles. The lowest BCUT2D eigenvalue weighted by atomic mass is 10.1. The second-order valence-electron chi connectivity index (χ2n) is 4.78. The number of aromatic nitrogens is 2. The van der Waals surface area contributed by atoms with E-state index < -0.39 is 0 Å². The van der Waals surface area contributed by atoms with E-state index in [2.05, 4.69) is 40.6 Å². The third-order valence-electron chi connectivity index (χ3n) is 3.14. The van der Waals surface area contributed by atoms with Gasteiger partial charge >= 0.3 is 0 Å². The van der Waals surface area contributed by atoms with Crippen LogP contribution in [0.2, 0.25) is 0 Å². The van der Waals surface area contributed by atoms with E-state index in [1.807, 2.05) is 6.07 Å². The molecule has 19 heavy (non-hydrogen) atoms. The van der Waals surface area contributed by atoms with Crippen LogP contribution in [0.4, 0.5) is 0 Å². The highest BCUT2D eigenvalue weighted by Crippen LogP contribution is 2.17. The summed E-state index contributed by atoms with van der Waals surface area (Å²) in [6, 6.07) is 8.30. The summed E-state index contributed by atoms with van der Waals surface area (Å²) in [5.74, 6) is 1.27. The molecule has 0 amide bonds. The zero-order valence-electron chi connectivity index (χ0n) is 10.9. The summed E-state index contributed by atoms with van der Waals surface area (Å²) in [5, 5.41) is 7.26. The largest absolute Gasteiger partial charge is 0.367 e. The van der Waals surface area contributed by atoms with Gasteiger partial charge in [-0.1, -0.05) is 35.0 Å². The number of benzene rings is 1. The highest BCUT2D eigenvalue weighted by atomic mass is 16.5. The number of aryl methyl sites for hydroxylation is 1. The van der Waals surface area contributed by atoms with Gasteiger partial charge in [0.25, 0.3) is 0 Å². The summed E-state index contributed by atoms with van der Waals surface area (Å²) >= 11 is 0. The Bertz CT molecular complexity index is 547. The van der Waals surface area contributed by atoms with E-state index in [1.165, 1.54) is 11.1 Å². The molecule has 1 aliphatic rings. The van der Waals surface area contributed by atoms with Gasteiger partial charge < -0.3 is 14.6 Å². The first-order valence-electron chi connectivity index (χ1n) is 6.51. The van der Waals surface area contributed by atoms with Crippen LogP contribution in [0, 0.1) is 6.92 Å². The molecule has 1 aromatic carbocycles. The van der Waals surface area contributed by atoms with Crippen LogP contribution in [0.3, 0.4) is 0 Å². The fraction of sp³-hybridized carbons (Fsp3) is 0.429. The lowest BCUT2D eigenvalue weighted by molar-refractivity contribution is 0.0208. The highest BCUT2D eigenvalue weighted by molar-refractivity contribution is 5.24. The maximum Gasteiger partial charge on any atom is 0.231 e. The van der Waals surface area contributed by atoms with Crippen LogP contribution < -0.4 is 5.32 Å². The molecule has 1 unspecified atom stereocenters. The van der Waals surface area contributed by atoms with E-state index in [0.29, 0.717) is 24.7 Å². The minimum atomic E-state index is -0.0937. The molecular formula is C14H17N3O2. The minimum Gasteiger partial charge on any atom is -0.367 e. The Morgan fingerprint density at radius 1 is 1.42 bits per heavy atom. The van der Waals surface area contributed by atoms with Crippen molar-refractivity contribution >= 4 is 0 Å². The molecular weight excluding hydrogens is 242 g/mol. The predicted octanol–water partition coefficient (Wildman–Crippen LogP) is 1.63. The van der Waals surface area contributed by atoms with Crippen LogP contribution in [-0.2, 0) is 11.2 Å². The smallest absolute Gasteiger partial charge is 0.231 e. The number of morpholine rings is 1. The number of nitrogens with one attached hydrogen (secondary N) is 1. The zero-order valence-corrected chi connectivity index (χ0v) is 10.9. The van der Waals surface area contributed by atoms with E-state index in [9.17, 15) is 0 Å². The van der Waals surface area contributed by atoms with Gasteiger partial charge in [-0.15, -0.1) is 0 Å². The molecule has 0 bridgehead atoms. The van der Waals surface area contributed by atoms with Gasteiger partial charge in [0.1, 0.15) is 6.10 Å². The quantitative estimate of drug-likeness (QED) is 0.907. The fourth-order valence-corrected chi connectivity index (χ4v) is 2.20. The molecule has 1 N–H and O–H groups in total. The van der Waals surface area contributed by atoms with Crippen LogP contribution in [0.15, 0.2) is 28.8 Å². The van der Waals surface area contributed by atoms with Crippen molar-refractivity contribution < 1.29 is 9.26 Å². The summed E-state index contributed by atoms with van der Waals surface area (Å²) in [5.41, 5.74) is 2.41. The van der Waals surface area contributed by atoms with Gasteiger partial charge in [-0.25, -0.2) is 0 Å². The Hall–Kier alpha value is -1.72. The van der Waals surface area contributed by atoms with Crippen molar-refractivity contribution in [3.63, 3.8) is 0 Å². The Kier molecular flexibility index (Phi) is 3.57. The molecule has 2 heterocycles. The van der Waals surface area contributed by atoms with Crippen molar-refractivity contribution in [1.82, 2.24) is 15.5 Å². The lowest BCUT2D eigenvalue weighted by Gasteiger charge is -2.20. The first-order valence-corrected chi connectivity index (χ1v) is 6.51. The molecule has 1 saturated heterocycles. The molecule has 100 valence electrons. The van der Waals surface area contributed by atoms with Crippen LogP contribution >= 0.6 is 0 Å². The van der Waals surface area contributed by atoms with Crippen molar-refractivity contribution in [3.8, 4) is 0 Å². The van der Waals surface area contributed by atoms with E-state index in [-0.39, 0.29) is 6.10 Å². The van der Waals surface area contributed by atoms with Gasteiger partial charge in [0.05, 0.1) is 13.0 Å². The average molecular weight is 259 g/mol. The summed E-state index contributed by atoms with van der Waals surface area (Å²) in [4.78, 5) is 4.42. The fourth-order valence-electron chi connectivity index (χ4n) is 2.20. The maximum atomic E-state index is 5.60. The molecule has 1 fully saturated rings. The number of nitrogens with zero attached hydrogens (tertiary/aromatic N) is 2. The van der Waals surface area contributed by atoms with Gasteiger partial charge in [0.2, 0.25) is 11.7 Å². The normalized spacial score (nSPS) is 19.5. The molecule has 1 atom stereocenters. The molecule has 5 nitrogen and oxygen atoms in total. The second-order valence-corrected chi connectivity index (χ2v) is 4.78. The van der Waals surface area contributed by atoms with Gasteiger partial charge in [-0.05, 0) is 12.5 Å². The van der Waals surface area contributed by atoms with Crippen LogP contribution in [-0.4, -0.2) is 29.8 Å². The van der Waals surface area contributed by atoms with E-state index in [1.54, 1.807) is 0 Å². The Morgan fingerprint density at radius 3 is 3.16 bits per heavy atom. The van der Waals surface area contributed by atoms with Crippen LogP contribution in [0.1, 0.15) is 28.9 Å². The van der Waals surface area contributed by atoms with E-state index in [4.69, 9.17) is 9.26 Å². The first kappa shape index (κ1) is 12.3. The van der Waals surface area contributed by atoms with Gasteiger partial charge in [-0.2, -0.15) is 4.98 Å². The van der Waals surface area contributed by atoms with Crippen molar-refractivity contribution in [2.45, 2.75) is 19.4 Å². The van der Waals surface area contributed by atoms with Crippen molar-refractivity contribution in [1.29, 1.82) is 0 Å². The third kappa shape index (κ3) is 3.00. The molecule has 0 aliphatic carbocycles. The van der Waals surface area contributed by atoms with Gasteiger partial charge in [-0.3, -0.25) is 0 Å². The molecule has 5 heteroatoms. The summed E-state index contributed by atoms with van der Waals surface area (Å²) in [6.45, 7) is 4.38. The standard InChI is InChI=1S/C14H17N3O2/c1-10-3-2-4-11(7-10)8-13-16-14(17-19-13)12-9-15-5-6-18-12/h2-4,7,12,15H,5-6,8-9H2,1H3. The molecule has 0 spiro atoms. The zero-order chi connectivity index (χ0) is 13.1. The van der Waals surface area contributed by atoms with E-state index >= 15 is 0 Å². The van der Waals surface area contributed by atoms with Crippen LogP contribution in [0.25, 0.3) is 0 Å². The Morgan fingerprint density at radius 2 is 2.37 bits per heavy atom. The van der Waals surface area contributed by atoms with Crippen molar-refractivity contribution in [3.05, 3.63) is 47.1 Å².